The zero-order valence-electron chi connectivity index (χ0n) is 37.5. The van der Waals surface area contributed by atoms with Crippen molar-refractivity contribution >= 4 is 29.9 Å². The highest BCUT2D eigenvalue weighted by molar-refractivity contribution is 5.85. The Morgan fingerprint density at radius 2 is 1.59 bits per heavy atom. The Morgan fingerprint density at radius 1 is 0.949 bits per heavy atom. The molecule has 338 valence electrons. The molecule has 0 unspecified atom stereocenters. The lowest BCUT2D eigenvalue weighted by Crippen LogP contribution is -2.62. The number of alkyl carbamates (subject to hydrolysis) is 1. The summed E-state index contributed by atoms with van der Waals surface area (Å²) < 4.78 is 50.0. The topological polar surface area (TPSA) is 221 Å². The molecule has 3 heterocycles. The Kier molecular flexibility index (Phi) is 15.6. The normalized spacial score (nSPS) is 45.0. The third kappa shape index (κ3) is 10.3. The summed E-state index contributed by atoms with van der Waals surface area (Å²) in [7, 11) is 5.23. The number of likely N-dealkylation sites (N-methyl/N-ethyl adjacent to an activating group) is 1. The zero-order valence-corrected chi connectivity index (χ0v) is 37.5. The van der Waals surface area contributed by atoms with Crippen LogP contribution in [-0.2, 0) is 52.3 Å². The number of cyclic esters (lactones) is 1. The summed E-state index contributed by atoms with van der Waals surface area (Å²) in [6.45, 7) is 18.9. The number of esters is 2. The highest BCUT2D eigenvalue weighted by Crippen LogP contribution is 2.44. The van der Waals surface area contributed by atoms with Crippen molar-refractivity contribution in [1.29, 1.82) is 0 Å². The lowest BCUT2D eigenvalue weighted by molar-refractivity contribution is -0.301. The number of nitrogens with zero attached hydrogens (tertiary/aromatic N) is 1. The van der Waals surface area contributed by atoms with E-state index in [0.29, 0.717) is 12.8 Å². The molecule has 4 N–H and O–H groups in total. The average molecular weight is 842 g/mol. The van der Waals surface area contributed by atoms with Gasteiger partial charge in [-0.25, -0.2) is 9.59 Å². The number of Topliss-reactive ketones (excluding diaryl/α,β-unsaturated/α-hetero) is 1. The van der Waals surface area contributed by atoms with E-state index in [1.807, 2.05) is 39.8 Å². The molecule has 17 nitrogen and oxygen atoms in total. The van der Waals surface area contributed by atoms with Crippen LogP contribution in [0.4, 0.5) is 9.59 Å². The minimum absolute atomic E-state index is 0.114. The maximum atomic E-state index is 14.6. The fourth-order valence-electron chi connectivity index (χ4n) is 10.4. The Morgan fingerprint density at radius 3 is 2.15 bits per heavy atom. The smallest absolute Gasteiger partial charge is 0.408 e. The van der Waals surface area contributed by atoms with Crippen LogP contribution < -0.4 is 11.1 Å². The van der Waals surface area contributed by atoms with Crippen LogP contribution in [0.2, 0.25) is 0 Å². The number of fused-ring (bicyclic) bond motifs is 1. The summed E-state index contributed by atoms with van der Waals surface area (Å²) in [4.78, 5) is 68.9. The Hall–Kier alpha value is -3.09. The van der Waals surface area contributed by atoms with Crippen LogP contribution in [0.3, 0.4) is 0 Å². The summed E-state index contributed by atoms with van der Waals surface area (Å²) in [5.74, 6) is -5.20. The fourth-order valence-corrected chi connectivity index (χ4v) is 10.4. The van der Waals surface area contributed by atoms with Gasteiger partial charge >= 0.3 is 24.1 Å². The molecule has 0 aromatic carbocycles. The second-order valence-electron chi connectivity index (χ2n) is 18.5. The van der Waals surface area contributed by atoms with Gasteiger partial charge in [-0.15, -0.1) is 0 Å². The largest absolute Gasteiger partial charge is 0.459 e. The molecule has 4 fully saturated rings. The number of nitrogens with two attached hydrogens (primary N) is 1. The van der Waals surface area contributed by atoms with Crippen molar-refractivity contribution < 1.29 is 67.0 Å². The van der Waals surface area contributed by atoms with E-state index in [1.54, 1.807) is 48.5 Å². The molecule has 0 radical (unpaired) electrons. The number of hydrogen-bond acceptors (Lipinski definition) is 15. The number of carbonyl (C=O) groups excluding carboxylic acids is 5. The lowest BCUT2D eigenvalue weighted by Gasteiger charge is -2.50. The molecule has 1 saturated carbocycles. The van der Waals surface area contributed by atoms with Crippen molar-refractivity contribution in [1.82, 2.24) is 10.2 Å². The highest BCUT2D eigenvalue weighted by Gasteiger charge is 2.58. The van der Waals surface area contributed by atoms with E-state index in [4.69, 9.17) is 43.6 Å². The number of amides is 2. The minimum Gasteiger partial charge on any atom is -0.459 e. The van der Waals surface area contributed by atoms with Gasteiger partial charge in [0.15, 0.2) is 11.9 Å². The van der Waals surface area contributed by atoms with Gasteiger partial charge < -0.3 is 59.0 Å². The number of ether oxygens (including phenoxy) is 8. The molecule has 3 aliphatic heterocycles. The second-order valence-corrected chi connectivity index (χ2v) is 18.5. The van der Waals surface area contributed by atoms with E-state index in [-0.39, 0.29) is 43.1 Å². The van der Waals surface area contributed by atoms with E-state index in [1.165, 1.54) is 14.0 Å². The van der Waals surface area contributed by atoms with Crippen LogP contribution in [0.25, 0.3) is 0 Å². The van der Waals surface area contributed by atoms with Gasteiger partial charge in [-0.3, -0.25) is 14.4 Å². The molecule has 18 atom stereocenters. The molecule has 59 heavy (non-hydrogen) atoms. The number of aliphatic hydroxyl groups excluding tert-OH is 1. The number of carbonyl (C=O) groups is 5. The number of rotatable bonds is 9. The molecule has 4 rings (SSSR count). The predicted octanol–water partition coefficient (Wildman–Crippen LogP) is 3.88. The van der Waals surface area contributed by atoms with Gasteiger partial charge in [0.05, 0.1) is 30.3 Å². The molecule has 0 aromatic rings. The Bertz CT molecular complexity index is 1530. The second kappa shape index (κ2) is 18.9. The summed E-state index contributed by atoms with van der Waals surface area (Å²) in [6.07, 6.45) is -7.70. The molecule has 1 aliphatic carbocycles. The van der Waals surface area contributed by atoms with Gasteiger partial charge in [0.2, 0.25) is 0 Å². The van der Waals surface area contributed by atoms with Gasteiger partial charge in [-0.2, -0.15) is 0 Å². The number of primary amides is 1. The van der Waals surface area contributed by atoms with Gasteiger partial charge in [0.25, 0.3) is 0 Å². The maximum absolute atomic E-state index is 14.6. The van der Waals surface area contributed by atoms with E-state index >= 15 is 0 Å². The number of aliphatic hydroxyl groups is 1. The van der Waals surface area contributed by atoms with Crippen molar-refractivity contribution in [2.75, 3.05) is 21.2 Å². The van der Waals surface area contributed by atoms with Crippen LogP contribution in [0.1, 0.15) is 108 Å². The van der Waals surface area contributed by atoms with Crippen LogP contribution in [-0.4, -0.2) is 139 Å². The molecular weight excluding hydrogens is 770 g/mol. The van der Waals surface area contributed by atoms with Gasteiger partial charge in [-0.05, 0) is 80.3 Å². The highest BCUT2D eigenvalue weighted by atomic mass is 16.7. The van der Waals surface area contributed by atoms with Gasteiger partial charge in [-0.1, -0.05) is 34.6 Å². The molecule has 17 heteroatoms. The quantitative estimate of drug-likeness (QED) is 0.222. The summed E-state index contributed by atoms with van der Waals surface area (Å²) in [5, 5.41) is 14.5. The molecule has 0 bridgehead atoms. The summed E-state index contributed by atoms with van der Waals surface area (Å²) in [5.41, 5.74) is 1.70. The predicted molar refractivity (Wildman–Crippen MR) is 213 cm³/mol. The summed E-state index contributed by atoms with van der Waals surface area (Å²) >= 11 is 0. The first-order chi connectivity index (χ1) is 27.3. The number of ketones is 1. The number of nitrogens with one attached hydrogen (secondary N) is 1. The van der Waals surface area contributed by atoms with E-state index < -0.39 is 114 Å². The molecule has 3 saturated heterocycles. The third-order valence-electron chi connectivity index (χ3n) is 13.5. The molecule has 2 amide bonds. The Labute approximate surface area is 349 Å². The maximum Gasteiger partial charge on any atom is 0.408 e. The monoisotopic (exact) mass is 841 g/mol. The molecule has 4 aliphatic rings. The van der Waals surface area contributed by atoms with Crippen LogP contribution >= 0.6 is 0 Å². The molecular formula is C42H71N3O14. The SMILES string of the molecule is CC[C@H]1OC(=O)[C@H](C)[C@@H](O[C@@H]2C[C@@H](C)[C@H](OC(C)=O)[C@](C)(OC)C2)[C@H](C)[C@@H](O[C@@H]2O[C@H](C)C[C@H](N(C)C)[C@H]2O)[C@](C)(OC(N)=O)C[C@@H](C)C(=O)[C@H](C)[C@H]2NC(=O)O[C@@]21C. The first-order valence-corrected chi connectivity index (χ1v) is 21.1. The van der Waals surface area contributed by atoms with Crippen LogP contribution in [0.15, 0.2) is 0 Å². The fraction of sp³-hybridized carbons (Fsp3) is 0.881. The van der Waals surface area contributed by atoms with Crippen molar-refractivity contribution in [3.05, 3.63) is 0 Å². The molecule has 0 aromatic heterocycles. The van der Waals surface area contributed by atoms with Gasteiger partial charge in [0.1, 0.15) is 41.4 Å². The molecule has 0 spiro atoms. The minimum atomic E-state index is -1.70. The van der Waals surface area contributed by atoms with Crippen LogP contribution in [0, 0.1) is 29.6 Å². The lowest BCUT2D eigenvalue weighted by atomic mass is 9.73. The van der Waals surface area contributed by atoms with E-state index in [2.05, 4.69) is 5.32 Å². The first-order valence-electron chi connectivity index (χ1n) is 21.1. The summed E-state index contributed by atoms with van der Waals surface area (Å²) in [6, 6.07) is -1.26. The number of methoxy groups -OCH3 is 1. The first kappa shape index (κ1) is 48.6. The number of hydrogen-bond donors (Lipinski definition) is 3. The van der Waals surface area contributed by atoms with Crippen molar-refractivity contribution in [2.45, 2.75) is 186 Å². The van der Waals surface area contributed by atoms with Crippen molar-refractivity contribution in [3.8, 4) is 0 Å². The Balaban J connectivity index is 1.92. The van der Waals surface area contributed by atoms with Crippen LogP contribution in [0.5, 0.6) is 0 Å². The van der Waals surface area contributed by atoms with Crippen molar-refractivity contribution in [2.24, 2.45) is 35.3 Å². The van der Waals surface area contributed by atoms with E-state index in [9.17, 15) is 29.1 Å². The van der Waals surface area contributed by atoms with Crippen molar-refractivity contribution in [3.63, 3.8) is 0 Å². The van der Waals surface area contributed by atoms with E-state index in [0.717, 1.165) is 0 Å². The zero-order chi connectivity index (χ0) is 44.5. The average Bonchev–Trinajstić information content (AvgIpc) is 3.46. The van der Waals surface area contributed by atoms with Gasteiger partial charge in [0, 0.05) is 44.2 Å². The standard InChI is InChI=1S/C42H71N3O14/c1-15-29-42(11)33(44-39(51)59-42)23(5)30(47)21(3)18-41(10,58-38(43)50)35(57-37-31(48)28(45(12)13)17-22(4)53-37)24(6)32(25(7)36(49)56-29)55-27-16-20(2)34(54-26(8)46)40(9,19-27)52-14/h20-25,27-29,31-35,37,48H,15-19H2,1-14H3,(H2,43,50)(H,44,51)/t20-,21-,22-,23+,24+,25-,27-,28+,29-,31-,32+,33-,34+,35-,37+,40-,41-,42-/m1/s1. The third-order valence-corrected chi connectivity index (χ3v) is 13.5.